The maximum atomic E-state index is 11.9. The number of phenols is 1. The standard InChI is InChI=1S/C14H13BrN2O3/c1-20-13-5-8(11(15)6-12(13)18)4-9(7-16)14(19)17-10-2-3-10/h4-6,10,18H,2-3H2,1H3,(H,17,19). The Hall–Kier alpha value is -2.00. The van der Waals surface area contributed by atoms with Crippen LogP contribution in [0.3, 0.4) is 0 Å². The molecule has 0 spiro atoms. The summed E-state index contributed by atoms with van der Waals surface area (Å²) in [7, 11) is 1.43. The van der Waals surface area contributed by atoms with Crippen LogP contribution in [0.5, 0.6) is 11.5 Å². The molecular weight excluding hydrogens is 324 g/mol. The van der Waals surface area contributed by atoms with Gasteiger partial charge in [-0.25, -0.2) is 0 Å². The number of rotatable bonds is 4. The van der Waals surface area contributed by atoms with Crippen molar-refractivity contribution in [1.29, 1.82) is 5.26 Å². The fourth-order valence-electron chi connectivity index (χ4n) is 1.63. The Morgan fingerprint density at radius 3 is 2.85 bits per heavy atom. The second-order valence-corrected chi connectivity index (χ2v) is 5.32. The third kappa shape index (κ3) is 3.31. The number of hydrogen-bond acceptors (Lipinski definition) is 4. The smallest absolute Gasteiger partial charge is 0.262 e. The van der Waals surface area contributed by atoms with Gasteiger partial charge in [-0.2, -0.15) is 5.26 Å². The van der Waals surface area contributed by atoms with E-state index in [1.54, 1.807) is 6.07 Å². The highest BCUT2D eigenvalue weighted by atomic mass is 79.9. The molecule has 0 unspecified atom stereocenters. The number of benzene rings is 1. The SMILES string of the molecule is COc1cc(C=C(C#N)C(=O)NC2CC2)c(Br)cc1O. The number of carbonyl (C=O) groups is 1. The van der Waals surface area contributed by atoms with E-state index in [0.29, 0.717) is 10.0 Å². The fraction of sp³-hybridized carbons (Fsp3) is 0.286. The Morgan fingerprint density at radius 2 is 2.30 bits per heavy atom. The van der Waals surface area contributed by atoms with E-state index in [-0.39, 0.29) is 29.0 Å². The Labute approximate surface area is 125 Å². The summed E-state index contributed by atoms with van der Waals surface area (Å²) in [6.07, 6.45) is 3.38. The third-order valence-electron chi connectivity index (χ3n) is 2.88. The largest absolute Gasteiger partial charge is 0.504 e. The summed E-state index contributed by atoms with van der Waals surface area (Å²) in [4.78, 5) is 11.9. The van der Waals surface area contributed by atoms with Gasteiger partial charge in [0, 0.05) is 10.5 Å². The molecule has 0 heterocycles. The predicted molar refractivity (Wildman–Crippen MR) is 77.1 cm³/mol. The van der Waals surface area contributed by atoms with Crippen molar-refractivity contribution in [3.63, 3.8) is 0 Å². The number of ether oxygens (including phenoxy) is 1. The first-order chi connectivity index (χ1) is 9.55. The number of halogens is 1. The predicted octanol–water partition coefficient (Wildman–Crippen LogP) is 2.35. The Bertz CT molecular complexity index is 616. The summed E-state index contributed by atoms with van der Waals surface area (Å²) in [5, 5.41) is 21.5. The summed E-state index contributed by atoms with van der Waals surface area (Å²) in [6, 6.07) is 5.09. The molecule has 20 heavy (non-hydrogen) atoms. The lowest BCUT2D eigenvalue weighted by molar-refractivity contribution is -0.117. The van der Waals surface area contributed by atoms with Crippen LogP contribution in [-0.4, -0.2) is 24.2 Å². The maximum Gasteiger partial charge on any atom is 0.262 e. The minimum atomic E-state index is -0.381. The van der Waals surface area contributed by atoms with Gasteiger partial charge in [0.2, 0.25) is 0 Å². The van der Waals surface area contributed by atoms with Crippen molar-refractivity contribution in [1.82, 2.24) is 5.32 Å². The van der Waals surface area contributed by atoms with Crippen molar-refractivity contribution in [3.05, 3.63) is 27.7 Å². The first kappa shape index (κ1) is 14.4. The van der Waals surface area contributed by atoms with E-state index in [0.717, 1.165) is 12.8 Å². The van der Waals surface area contributed by atoms with E-state index in [2.05, 4.69) is 21.2 Å². The molecule has 1 aromatic rings. The molecule has 1 aliphatic carbocycles. The summed E-state index contributed by atoms with van der Waals surface area (Å²) >= 11 is 3.28. The van der Waals surface area contributed by atoms with Crippen molar-refractivity contribution in [2.45, 2.75) is 18.9 Å². The number of methoxy groups -OCH3 is 1. The van der Waals surface area contributed by atoms with Gasteiger partial charge >= 0.3 is 0 Å². The second kappa shape index (κ2) is 5.97. The lowest BCUT2D eigenvalue weighted by atomic mass is 10.1. The van der Waals surface area contributed by atoms with Crippen LogP contribution in [0.25, 0.3) is 6.08 Å². The van der Waals surface area contributed by atoms with Crippen molar-refractivity contribution in [2.75, 3.05) is 7.11 Å². The van der Waals surface area contributed by atoms with Gasteiger partial charge < -0.3 is 15.2 Å². The molecule has 1 aliphatic rings. The Morgan fingerprint density at radius 1 is 1.60 bits per heavy atom. The zero-order valence-electron chi connectivity index (χ0n) is 10.8. The van der Waals surface area contributed by atoms with Gasteiger partial charge in [0.1, 0.15) is 11.6 Å². The van der Waals surface area contributed by atoms with E-state index in [4.69, 9.17) is 10.00 Å². The van der Waals surface area contributed by atoms with E-state index >= 15 is 0 Å². The van der Waals surface area contributed by atoms with Gasteiger partial charge in [0.25, 0.3) is 5.91 Å². The van der Waals surface area contributed by atoms with E-state index in [9.17, 15) is 9.90 Å². The zero-order chi connectivity index (χ0) is 14.7. The quantitative estimate of drug-likeness (QED) is 0.653. The average Bonchev–Trinajstić information content (AvgIpc) is 3.21. The lowest BCUT2D eigenvalue weighted by Crippen LogP contribution is -2.26. The molecule has 1 aromatic carbocycles. The molecule has 104 valence electrons. The average molecular weight is 337 g/mol. The van der Waals surface area contributed by atoms with Crippen LogP contribution in [0, 0.1) is 11.3 Å². The minimum Gasteiger partial charge on any atom is -0.504 e. The molecule has 0 radical (unpaired) electrons. The first-order valence-electron chi connectivity index (χ1n) is 6.04. The number of hydrogen-bond donors (Lipinski definition) is 2. The Balaban J connectivity index is 2.31. The number of nitrogens with one attached hydrogen (secondary N) is 1. The molecule has 1 saturated carbocycles. The number of nitrogens with zero attached hydrogens (tertiary/aromatic N) is 1. The molecule has 0 atom stereocenters. The number of nitriles is 1. The normalized spacial score (nSPS) is 14.6. The monoisotopic (exact) mass is 336 g/mol. The number of phenolic OH excluding ortho intramolecular Hbond substituents is 1. The number of amides is 1. The van der Waals surface area contributed by atoms with Gasteiger partial charge in [-0.3, -0.25) is 4.79 Å². The summed E-state index contributed by atoms with van der Waals surface area (Å²) in [6.45, 7) is 0. The fourth-order valence-corrected chi connectivity index (χ4v) is 2.07. The van der Waals surface area contributed by atoms with Crippen molar-refractivity contribution < 1.29 is 14.6 Å². The molecule has 2 rings (SSSR count). The van der Waals surface area contributed by atoms with Gasteiger partial charge in [0.05, 0.1) is 7.11 Å². The summed E-state index contributed by atoms with van der Waals surface area (Å²) in [5.41, 5.74) is 0.604. The molecule has 5 nitrogen and oxygen atoms in total. The molecule has 6 heteroatoms. The first-order valence-corrected chi connectivity index (χ1v) is 6.83. The molecule has 2 N–H and O–H groups in total. The van der Waals surface area contributed by atoms with Crippen LogP contribution in [0.1, 0.15) is 18.4 Å². The Kier molecular flexibility index (Phi) is 4.30. The van der Waals surface area contributed by atoms with Gasteiger partial charge in [-0.15, -0.1) is 0 Å². The molecular formula is C14H13BrN2O3. The number of aromatic hydroxyl groups is 1. The van der Waals surface area contributed by atoms with E-state index in [1.165, 1.54) is 19.3 Å². The van der Waals surface area contributed by atoms with Gasteiger partial charge in [0.15, 0.2) is 11.5 Å². The highest BCUT2D eigenvalue weighted by Gasteiger charge is 2.24. The van der Waals surface area contributed by atoms with Crippen LogP contribution < -0.4 is 10.1 Å². The molecule has 0 aromatic heterocycles. The molecule has 0 bridgehead atoms. The zero-order valence-corrected chi connectivity index (χ0v) is 12.4. The van der Waals surface area contributed by atoms with Gasteiger partial charge in [-0.05, 0) is 36.6 Å². The summed E-state index contributed by atoms with van der Waals surface area (Å²) < 4.78 is 5.58. The molecule has 1 fully saturated rings. The van der Waals surface area contributed by atoms with Crippen molar-refractivity contribution in [2.24, 2.45) is 0 Å². The van der Waals surface area contributed by atoms with Crippen LogP contribution in [0.15, 0.2) is 22.2 Å². The van der Waals surface area contributed by atoms with Crippen LogP contribution in [-0.2, 0) is 4.79 Å². The summed E-state index contributed by atoms with van der Waals surface area (Å²) in [5.74, 6) is -0.120. The van der Waals surface area contributed by atoms with Crippen molar-refractivity contribution in [3.8, 4) is 17.6 Å². The highest BCUT2D eigenvalue weighted by molar-refractivity contribution is 9.10. The van der Waals surface area contributed by atoms with E-state index < -0.39 is 0 Å². The van der Waals surface area contributed by atoms with Crippen LogP contribution >= 0.6 is 15.9 Å². The topological polar surface area (TPSA) is 82.3 Å². The third-order valence-corrected chi connectivity index (χ3v) is 3.56. The van der Waals surface area contributed by atoms with Crippen LogP contribution in [0.4, 0.5) is 0 Å². The molecule has 0 aliphatic heterocycles. The van der Waals surface area contributed by atoms with E-state index in [1.807, 2.05) is 6.07 Å². The minimum absolute atomic E-state index is 0.0162. The molecule has 1 amide bonds. The second-order valence-electron chi connectivity index (χ2n) is 4.46. The lowest BCUT2D eigenvalue weighted by Gasteiger charge is -2.07. The molecule has 0 saturated heterocycles. The maximum absolute atomic E-state index is 11.9. The highest BCUT2D eigenvalue weighted by Crippen LogP contribution is 2.33. The van der Waals surface area contributed by atoms with Gasteiger partial charge in [-0.1, -0.05) is 15.9 Å². The number of carbonyl (C=O) groups excluding carboxylic acids is 1. The van der Waals surface area contributed by atoms with Crippen LogP contribution in [0.2, 0.25) is 0 Å². The van der Waals surface area contributed by atoms with Crippen molar-refractivity contribution >= 4 is 27.9 Å².